The van der Waals surface area contributed by atoms with Crippen LogP contribution < -0.4 is 10.5 Å². The predicted octanol–water partition coefficient (Wildman–Crippen LogP) is 2.23. The molecular formula is C9H12ClF2NO. The molecule has 80 valence electrons. The molecular weight excluding hydrogens is 212 g/mol. The van der Waals surface area contributed by atoms with Gasteiger partial charge in [0.15, 0.2) is 11.6 Å². The van der Waals surface area contributed by atoms with Crippen molar-refractivity contribution < 1.29 is 13.5 Å². The van der Waals surface area contributed by atoms with Crippen molar-refractivity contribution in [2.45, 2.75) is 6.04 Å². The molecule has 1 atom stereocenters. The Morgan fingerprint density at radius 1 is 1.50 bits per heavy atom. The molecule has 0 fully saturated rings. The number of halogens is 3. The molecule has 1 aromatic rings. The zero-order valence-corrected chi connectivity index (χ0v) is 8.48. The molecule has 1 aromatic carbocycles. The second kappa shape index (κ2) is 5.78. The van der Waals surface area contributed by atoms with Crippen molar-refractivity contribution in [3.63, 3.8) is 0 Å². The van der Waals surface area contributed by atoms with E-state index in [4.69, 9.17) is 10.5 Å². The summed E-state index contributed by atoms with van der Waals surface area (Å²) in [6.07, 6.45) is 0. The summed E-state index contributed by atoms with van der Waals surface area (Å²) >= 11 is 0. The van der Waals surface area contributed by atoms with Gasteiger partial charge >= 0.3 is 0 Å². The van der Waals surface area contributed by atoms with E-state index in [2.05, 4.69) is 0 Å². The molecule has 0 amide bonds. The molecule has 0 unspecified atom stereocenters. The third kappa shape index (κ3) is 2.56. The van der Waals surface area contributed by atoms with E-state index in [1.165, 1.54) is 19.2 Å². The fourth-order valence-electron chi connectivity index (χ4n) is 1.05. The second-order valence-corrected chi connectivity index (χ2v) is 2.62. The zero-order chi connectivity index (χ0) is 9.84. The number of rotatable bonds is 3. The Balaban J connectivity index is 0.00000169. The Hall–Kier alpha value is -0.870. The zero-order valence-electron chi connectivity index (χ0n) is 7.67. The maximum Gasteiger partial charge on any atom is 0.169 e. The molecule has 0 saturated heterocycles. The molecule has 0 aliphatic carbocycles. The predicted molar refractivity (Wildman–Crippen MR) is 53.1 cm³/mol. The van der Waals surface area contributed by atoms with Crippen LogP contribution in [0.15, 0.2) is 18.2 Å². The molecule has 1 rings (SSSR count). The topological polar surface area (TPSA) is 35.2 Å². The summed E-state index contributed by atoms with van der Waals surface area (Å²) in [5, 5.41) is 0. The Morgan fingerprint density at radius 2 is 2.14 bits per heavy atom. The number of alkyl halides is 1. The second-order valence-electron chi connectivity index (χ2n) is 2.62. The lowest BCUT2D eigenvalue weighted by Crippen LogP contribution is -2.14. The summed E-state index contributed by atoms with van der Waals surface area (Å²) in [7, 11) is 1.35. The maximum absolute atomic E-state index is 13.3. The van der Waals surface area contributed by atoms with Crippen molar-refractivity contribution in [1.29, 1.82) is 0 Å². The van der Waals surface area contributed by atoms with Crippen LogP contribution >= 0.6 is 12.4 Å². The van der Waals surface area contributed by atoms with Crippen molar-refractivity contribution in [3.05, 3.63) is 29.6 Å². The lowest BCUT2D eigenvalue weighted by Gasteiger charge is -2.10. The summed E-state index contributed by atoms with van der Waals surface area (Å²) < 4.78 is 30.2. The van der Waals surface area contributed by atoms with Gasteiger partial charge in [0.1, 0.15) is 6.67 Å². The Bertz CT molecular complexity index is 296. The minimum atomic E-state index is -0.921. The first kappa shape index (κ1) is 13.1. The van der Waals surface area contributed by atoms with Gasteiger partial charge in [-0.1, -0.05) is 12.1 Å². The highest BCUT2D eigenvalue weighted by Crippen LogP contribution is 2.23. The van der Waals surface area contributed by atoms with Crippen LogP contribution in [-0.2, 0) is 0 Å². The van der Waals surface area contributed by atoms with E-state index in [1.54, 1.807) is 6.07 Å². The number of ether oxygens (including phenoxy) is 1. The Morgan fingerprint density at radius 3 is 2.64 bits per heavy atom. The molecule has 5 heteroatoms. The molecule has 0 saturated carbocycles. The van der Waals surface area contributed by atoms with Gasteiger partial charge in [-0.25, -0.2) is 8.78 Å². The van der Waals surface area contributed by atoms with E-state index < -0.39 is 18.5 Å². The quantitative estimate of drug-likeness (QED) is 0.853. The Kier molecular flexibility index (Phi) is 5.42. The van der Waals surface area contributed by atoms with Crippen molar-refractivity contribution in [2.24, 2.45) is 5.73 Å². The molecule has 14 heavy (non-hydrogen) atoms. The van der Waals surface area contributed by atoms with Gasteiger partial charge < -0.3 is 10.5 Å². The first-order valence-electron chi connectivity index (χ1n) is 3.84. The normalized spacial score (nSPS) is 11.7. The van der Waals surface area contributed by atoms with Crippen molar-refractivity contribution in [3.8, 4) is 5.75 Å². The van der Waals surface area contributed by atoms with Gasteiger partial charge in [-0.05, 0) is 6.07 Å². The number of hydrogen-bond acceptors (Lipinski definition) is 2. The molecule has 0 bridgehead atoms. The Labute approximate surface area is 87.5 Å². The summed E-state index contributed by atoms with van der Waals surface area (Å²) in [6.45, 7) is -0.788. The van der Waals surface area contributed by atoms with Gasteiger partial charge in [0, 0.05) is 5.56 Å². The average molecular weight is 224 g/mol. The van der Waals surface area contributed by atoms with Crippen LogP contribution in [0.2, 0.25) is 0 Å². The summed E-state index contributed by atoms with van der Waals surface area (Å²) in [6, 6.07) is 3.56. The maximum atomic E-state index is 13.3. The van der Waals surface area contributed by atoms with E-state index in [0.717, 1.165) is 0 Å². The summed E-state index contributed by atoms with van der Waals surface area (Å²) in [5.74, 6) is -0.503. The third-order valence-electron chi connectivity index (χ3n) is 1.78. The molecule has 2 N–H and O–H groups in total. The lowest BCUT2D eigenvalue weighted by atomic mass is 10.1. The molecule has 2 nitrogen and oxygen atoms in total. The van der Waals surface area contributed by atoms with E-state index in [0.29, 0.717) is 0 Å². The molecule has 0 aliphatic rings. The van der Waals surface area contributed by atoms with Gasteiger partial charge in [-0.3, -0.25) is 0 Å². The van der Waals surface area contributed by atoms with E-state index in [1.807, 2.05) is 0 Å². The van der Waals surface area contributed by atoms with E-state index >= 15 is 0 Å². The standard InChI is InChI=1S/C9H11F2NO.ClH/c1-13-8-4-2-3-6(9(8)11)7(12)5-10;/h2-4,7H,5,12H2,1H3;1H/t7-;/m1./s1. The smallest absolute Gasteiger partial charge is 0.169 e. The van der Waals surface area contributed by atoms with Crippen molar-refractivity contribution in [1.82, 2.24) is 0 Å². The van der Waals surface area contributed by atoms with Crippen LogP contribution in [0.4, 0.5) is 8.78 Å². The molecule has 0 heterocycles. The van der Waals surface area contributed by atoms with E-state index in [9.17, 15) is 8.78 Å². The van der Waals surface area contributed by atoms with Crippen LogP contribution in [0.1, 0.15) is 11.6 Å². The molecule has 0 aliphatic heterocycles. The average Bonchev–Trinajstić information content (AvgIpc) is 2.17. The minimum Gasteiger partial charge on any atom is -0.494 e. The van der Waals surface area contributed by atoms with E-state index in [-0.39, 0.29) is 23.7 Å². The summed E-state index contributed by atoms with van der Waals surface area (Å²) in [4.78, 5) is 0. The SMILES string of the molecule is COc1cccc([C@H](N)CF)c1F.Cl. The van der Waals surface area contributed by atoms with Crippen LogP contribution in [-0.4, -0.2) is 13.8 Å². The minimum absolute atomic E-state index is 0. The van der Waals surface area contributed by atoms with Crippen LogP contribution in [0.25, 0.3) is 0 Å². The third-order valence-corrected chi connectivity index (χ3v) is 1.78. The van der Waals surface area contributed by atoms with Crippen LogP contribution in [0.3, 0.4) is 0 Å². The van der Waals surface area contributed by atoms with Crippen LogP contribution in [0.5, 0.6) is 5.75 Å². The number of hydrogen-bond donors (Lipinski definition) is 1. The largest absolute Gasteiger partial charge is 0.494 e. The fraction of sp³-hybridized carbons (Fsp3) is 0.333. The highest BCUT2D eigenvalue weighted by Gasteiger charge is 2.14. The van der Waals surface area contributed by atoms with Gasteiger partial charge in [0.05, 0.1) is 13.2 Å². The van der Waals surface area contributed by atoms with Crippen LogP contribution in [0, 0.1) is 5.82 Å². The summed E-state index contributed by atoms with van der Waals surface area (Å²) in [5.41, 5.74) is 5.49. The number of methoxy groups -OCH3 is 1. The van der Waals surface area contributed by atoms with Gasteiger partial charge in [-0.2, -0.15) is 0 Å². The fourth-order valence-corrected chi connectivity index (χ4v) is 1.05. The first-order valence-corrected chi connectivity index (χ1v) is 3.84. The molecule has 0 radical (unpaired) electrons. The first-order chi connectivity index (χ1) is 6.20. The number of nitrogens with two attached hydrogens (primary N) is 1. The van der Waals surface area contributed by atoms with Gasteiger partial charge in [-0.15, -0.1) is 12.4 Å². The lowest BCUT2D eigenvalue weighted by molar-refractivity contribution is 0.375. The van der Waals surface area contributed by atoms with Gasteiger partial charge in [0.2, 0.25) is 0 Å². The van der Waals surface area contributed by atoms with Gasteiger partial charge in [0.25, 0.3) is 0 Å². The van der Waals surface area contributed by atoms with Crippen molar-refractivity contribution >= 4 is 12.4 Å². The monoisotopic (exact) mass is 223 g/mol. The number of benzene rings is 1. The molecule has 0 aromatic heterocycles. The highest BCUT2D eigenvalue weighted by molar-refractivity contribution is 5.85. The van der Waals surface area contributed by atoms with Crippen molar-refractivity contribution in [2.75, 3.05) is 13.8 Å². The molecule has 0 spiro atoms. The highest BCUT2D eigenvalue weighted by atomic mass is 35.5.